The van der Waals surface area contributed by atoms with Gasteiger partial charge in [-0.1, -0.05) is 55.3 Å². The van der Waals surface area contributed by atoms with Gasteiger partial charge in [-0.05, 0) is 102 Å². The first kappa shape index (κ1) is 31.9. The fourth-order valence-electron chi connectivity index (χ4n) is 5.28. The number of amides is 2. The number of unbranched alkanes of at least 4 members (excludes halogenated alkanes) is 3. The van der Waals surface area contributed by atoms with Crippen LogP contribution in [0.1, 0.15) is 79.2 Å². The van der Waals surface area contributed by atoms with Crippen LogP contribution in [0, 0.1) is 0 Å². The van der Waals surface area contributed by atoms with E-state index in [1.165, 1.54) is 0 Å². The number of alkyl carbamates (subject to hydrolysis) is 1. The number of allylic oxidation sites excluding steroid dienone is 3. The molecule has 1 aliphatic heterocycles. The van der Waals surface area contributed by atoms with Crippen LogP contribution in [-0.2, 0) is 9.47 Å². The highest BCUT2D eigenvalue weighted by Gasteiger charge is 2.28. The summed E-state index contributed by atoms with van der Waals surface area (Å²) in [6, 6.07) is 16.3. The van der Waals surface area contributed by atoms with Gasteiger partial charge >= 0.3 is 12.2 Å². The van der Waals surface area contributed by atoms with E-state index >= 15 is 0 Å². The molecule has 2 amide bonds. The van der Waals surface area contributed by atoms with Crippen molar-refractivity contribution in [1.82, 2.24) is 10.2 Å². The molecule has 0 atom stereocenters. The molecule has 0 saturated carbocycles. The molecule has 43 heavy (non-hydrogen) atoms. The lowest BCUT2D eigenvalue weighted by Crippen LogP contribution is -2.43. The molecule has 2 aromatic carbocycles. The molecule has 2 aromatic rings. The molecular weight excluding hydrogens is 540 g/mol. The van der Waals surface area contributed by atoms with Crippen LogP contribution >= 0.6 is 0 Å². The summed E-state index contributed by atoms with van der Waals surface area (Å²) in [5.41, 5.74) is 10.3. The number of nitrogens with two attached hydrogens (primary N) is 1. The standard InChI is InChI=1S/C35H46N4O4/c1-34(2,3)42-32(40)37-25-16-18-27-28-19-17-26(38-33(41)43-35(4,5)6)23-30(28)39(21-13-8-7-12-20-36)31(29(27)22-25)24-14-10-9-11-15-24/h9-11,14-18,22-23H,7-8,12-13,19-21,36H2,1-6H3,(H,37,40)(H,38,41). The second-order valence-corrected chi connectivity index (χ2v) is 13.0. The summed E-state index contributed by atoms with van der Waals surface area (Å²) in [5, 5.41) is 7.98. The summed E-state index contributed by atoms with van der Waals surface area (Å²) in [6.45, 7) is 12.6. The Morgan fingerprint density at radius 1 is 0.837 bits per heavy atom. The topological polar surface area (TPSA) is 106 Å². The number of nitrogens with one attached hydrogen (secondary N) is 2. The number of carbonyl (C=O) groups excluding carboxylic acids is 2. The summed E-state index contributed by atoms with van der Waals surface area (Å²) in [6.07, 6.45) is 7.84. The second-order valence-electron chi connectivity index (χ2n) is 13.0. The smallest absolute Gasteiger partial charge is 0.412 e. The highest BCUT2D eigenvalue weighted by molar-refractivity contribution is 5.86. The van der Waals surface area contributed by atoms with Crippen LogP contribution in [0.15, 0.2) is 72.1 Å². The molecule has 4 rings (SSSR count). The molecule has 4 N–H and O–H groups in total. The molecule has 0 aromatic heterocycles. The summed E-state index contributed by atoms with van der Waals surface area (Å²) < 4.78 is 11.0. The van der Waals surface area contributed by atoms with Gasteiger partial charge < -0.3 is 20.1 Å². The van der Waals surface area contributed by atoms with Crippen LogP contribution in [-0.4, -0.2) is 41.4 Å². The largest absolute Gasteiger partial charge is 0.444 e. The number of rotatable bonds is 9. The molecular formula is C35H46N4O4. The minimum absolute atomic E-state index is 0.478. The lowest BCUT2D eigenvalue weighted by atomic mass is 9.91. The Morgan fingerprint density at radius 2 is 1.49 bits per heavy atom. The monoisotopic (exact) mass is 586 g/mol. The van der Waals surface area contributed by atoms with Crippen molar-refractivity contribution in [3.8, 4) is 0 Å². The number of nitrogens with zero attached hydrogens (tertiary/aromatic N) is 1. The predicted molar refractivity (Wildman–Crippen MR) is 172 cm³/mol. The number of ether oxygens (including phenoxy) is 2. The summed E-state index contributed by atoms with van der Waals surface area (Å²) in [7, 11) is 0. The maximum Gasteiger partial charge on any atom is 0.412 e. The number of benzene rings is 2. The van der Waals surface area contributed by atoms with E-state index in [4.69, 9.17) is 15.2 Å². The maximum atomic E-state index is 12.7. The van der Waals surface area contributed by atoms with E-state index in [0.717, 1.165) is 65.2 Å². The van der Waals surface area contributed by atoms with Gasteiger partial charge in [-0.25, -0.2) is 9.59 Å². The average Bonchev–Trinajstić information content (AvgIpc) is 2.91. The van der Waals surface area contributed by atoms with E-state index in [0.29, 0.717) is 24.4 Å². The predicted octanol–water partition coefficient (Wildman–Crippen LogP) is 5.87. The first-order valence-electron chi connectivity index (χ1n) is 15.2. The van der Waals surface area contributed by atoms with Crippen LogP contribution in [0.2, 0.25) is 0 Å². The van der Waals surface area contributed by atoms with Crippen molar-refractivity contribution in [3.63, 3.8) is 0 Å². The van der Waals surface area contributed by atoms with E-state index in [1.807, 2.05) is 84.0 Å². The van der Waals surface area contributed by atoms with Crippen molar-refractivity contribution < 1.29 is 19.1 Å². The Morgan fingerprint density at radius 3 is 2.14 bits per heavy atom. The maximum absolute atomic E-state index is 12.7. The Balaban J connectivity index is 1.82. The zero-order chi connectivity index (χ0) is 31.2. The minimum atomic E-state index is -0.602. The van der Waals surface area contributed by atoms with E-state index in [2.05, 4.69) is 33.7 Å². The molecule has 0 spiro atoms. The van der Waals surface area contributed by atoms with E-state index in [-0.39, 0.29) is 0 Å². The third-order valence-electron chi connectivity index (χ3n) is 6.96. The highest BCUT2D eigenvalue weighted by atomic mass is 16.6. The van der Waals surface area contributed by atoms with E-state index in [1.54, 1.807) is 0 Å². The highest BCUT2D eigenvalue weighted by Crippen LogP contribution is 2.34. The van der Waals surface area contributed by atoms with Crippen molar-refractivity contribution in [2.45, 2.75) is 84.8 Å². The van der Waals surface area contributed by atoms with Gasteiger partial charge in [0.25, 0.3) is 0 Å². The van der Waals surface area contributed by atoms with Crippen molar-refractivity contribution in [1.29, 1.82) is 0 Å². The zero-order valence-electron chi connectivity index (χ0n) is 26.4. The molecule has 0 unspecified atom stereocenters. The lowest BCUT2D eigenvalue weighted by molar-refractivity contribution is 0.0546. The van der Waals surface area contributed by atoms with Gasteiger partial charge in [-0.2, -0.15) is 0 Å². The summed E-state index contributed by atoms with van der Waals surface area (Å²) in [5.74, 6) is 0. The minimum Gasteiger partial charge on any atom is -0.444 e. The van der Waals surface area contributed by atoms with Crippen LogP contribution in [0.25, 0.3) is 11.3 Å². The molecule has 8 heteroatoms. The number of hydrogen-bond acceptors (Lipinski definition) is 6. The van der Waals surface area contributed by atoms with Crippen molar-refractivity contribution in [2.24, 2.45) is 5.73 Å². The fraction of sp³-hybridized carbons (Fsp3) is 0.429. The number of hydrogen-bond donors (Lipinski definition) is 3. The van der Waals surface area contributed by atoms with Gasteiger partial charge in [0.1, 0.15) is 11.2 Å². The van der Waals surface area contributed by atoms with E-state index < -0.39 is 23.4 Å². The molecule has 0 fully saturated rings. The van der Waals surface area contributed by atoms with Crippen LogP contribution in [0.5, 0.6) is 0 Å². The molecule has 0 bridgehead atoms. The van der Waals surface area contributed by atoms with Gasteiger partial charge in [0.05, 0.1) is 5.70 Å². The van der Waals surface area contributed by atoms with Gasteiger partial charge in [-0.15, -0.1) is 0 Å². The van der Waals surface area contributed by atoms with Crippen LogP contribution < -0.4 is 26.8 Å². The Bertz CT molecular complexity index is 1510. The molecule has 2 aliphatic rings. The van der Waals surface area contributed by atoms with Crippen molar-refractivity contribution in [3.05, 3.63) is 88.1 Å². The first-order valence-corrected chi connectivity index (χ1v) is 15.2. The van der Waals surface area contributed by atoms with Crippen molar-refractivity contribution in [2.75, 3.05) is 18.4 Å². The molecule has 230 valence electrons. The fourth-order valence-corrected chi connectivity index (χ4v) is 5.28. The second kappa shape index (κ2) is 13.5. The third kappa shape index (κ3) is 8.74. The molecule has 0 saturated heterocycles. The molecule has 0 radical (unpaired) electrons. The number of carbonyl (C=O) groups is 2. The van der Waals surface area contributed by atoms with Gasteiger partial charge in [0, 0.05) is 28.8 Å². The lowest BCUT2D eigenvalue weighted by Gasteiger charge is -2.36. The van der Waals surface area contributed by atoms with Gasteiger partial charge in [0.2, 0.25) is 0 Å². The molecule has 1 heterocycles. The Labute approximate surface area is 255 Å². The first-order chi connectivity index (χ1) is 20.3. The summed E-state index contributed by atoms with van der Waals surface area (Å²) in [4.78, 5) is 27.7. The quantitative estimate of drug-likeness (QED) is 0.317. The SMILES string of the molecule is CC(C)(C)OC(=O)NC1=CCC2=c3ccc(NC(=O)OC(C)(C)C)cc3=C(c3ccccc3)N(CCCCCCN)C2=C1. The van der Waals surface area contributed by atoms with Crippen molar-refractivity contribution >= 4 is 29.1 Å². The number of anilines is 1. The Kier molecular flexibility index (Phi) is 10.0. The zero-order valence-corrected chi connectivity index (χ0v) is 26.4. The van der Waals surface area contributed by atoms with Crippen LogP contribution in [0.3, 0.4) is 0 Å². The molecule has 1 aliphatic carbocycles. The summed E-state index contributed by atoms with van der Waals surface area (Å²) >= 11 is 0. The van der Waals surface area contributed by atoms with E-state index in [9.17, 15) is 9.59 Å². The van der Waals surface area contributed by atoms with Gasteiger partial charge in [0.15, 0.2) is 0 Å². The average molecular weight is 587 g/mol. The normalized spacial score (nSPS) is 14.7. The van der Waals surface area contributed by atoms with Gasteiger partial charge in [-0.3, -0.25) is 10.6 Å². The Hall–Kier alpha value is -4.04. The van der Waals surface area contributed by atoms with Crippen LogP contribution in [0.4, 0.5) is 15.3 Å². The number of fused-ring (bicyclic) bond motifs is 2. The molecule has 8 nitrogen and oxygen atoms in total. The third-order valence-corrected chi connectivity index (χ3v) is 6.96.